The molecule has 43 heavy (non-hydrogen) atoms. The Morgan fingerprint density at radius 2 is 1.95 bits per heavy atom. The normalized spacial score (nSPS) is 13.2. The fourth-order valence-electron chi connectivity index (χ4n) is 4.43. The molecule has 0 saturated carbocycles. The van der Waals surface area contributed by atoms with Gasteiger partial charge in [-0.25, -0.2) is 0 Å². The van der Waals surface area contributed by atoms with E-state index < -0.39 is 17.9 Å². The van der Waals surface area contributed by atoms with Crippen LogP contribution >= 0.6 is 0 Å². The van der Waals surface area contributed by atoms with Crippen molar-refractivity contribution in [1.29, 1.82) is 0 Å². The first-order valence-corrected chi connectivity index (χ1v) is 15.3. The number of aliphatic hydroxyl groups excluding tert-OH is 1. The Kier molecular flexibility index (Phi) is 13.7. The summed E-state index contributed by atoms with van der Waals surface area (Å²) in [6.45, 7) is 9.52. The zero-order valence-corrected chi connectivity index (χ0v) is 26.0. The lowest BCUT2D eigenvalue weighted by atomic mass is 10.1. The van der Waals surface area contributed by atoms with Crippen molar-refractivity contribution in [3.05, 3.63) is 66.6 Å². The number of aryl methyl sites for hydroxylation is 1. The molecule has 0 saturated heterocycles. The molecule has 234 valence electrons. The summed E-state index contributed by atoms with van der Waals surface area (Å²) >= 11 is 0. The molecule has 0 fully saturated rings. The Morgan fingerprint density at radius 1 is 1.14 bits per heavy atom. The molecule has 9 nitrogen and oxygen atoms in total. The molecule has 1 aromatic carbocycles. The standard InChI is InChI=1S/C34H47N3O6/c1-5-26(2)41-25-34(3,4)43-33(40)17-16-32(39)42-29-13-14-30-28(23-29)18-22-37(30)21-9-7-6-8-20-36-31(38)15-12-27-11-10-19-35-24-27/h10-15,18-19,22-24,26,32,39H,5-9,16-17,20-21,25H2,1-4H3,(H,36,38)/b15-12+. The van der Waals surface area contributed by atoms with Gasteiger partial charge in [-0.15, -0.1) is 0 Å². The summed E-state index contributed by atoms with van der Waals surface area (Å²) in [6.07, 6.45) is 12.9. The maximum atomic E-state index is 12.3. The number of nitrogens with one attached hydrogen (secondary N) is 1. The zero-order valence-electron chi connectivity index (χ0n) is 26.0. The maximum absolute atomic E-state index is 12.3. The van der Waals surface area contributed by atoms with Gasteiger partial charge in [0.25, 0.3) is 0 Å². The second kappa shape index (κ2) is 17.4. The van der Waals surface area contributed by atoms with Gasteiger partial charge in [0.1, 0.15) is 11.4 Å². The molecule has 2 unspecified atom stereocenters. The summed E-state index contributed by atoms with van der Waals surface area (Å²) in [5, 5.41) is 14.3. The van der Waals surface area contributed by atoms with Gasteiger partial charge in [-0.3, -0.25) is 14.6 Å². The van der Waals surface area contributed by atoms with E-state index in [-0.39, 0.29) is 24.9 Å². The second-order valence-corrected chi connectivity index (χ2v) is 11.4. The molecule has 1 amide bonds. The Bertz CT molecular complexity index is 1300. The highest BCUT2D eigenvalue weighted by atomic mass is 16.6. The monoisotopic (exact) mass is 593 g/mol. The SMILES string of the molecule is CCC(C)OCC(C)(C)OC(=O)CCC(O)Oc1ccc2c(ccn2CCCCCCNC(=O)/C=C/c2cccnc2)c1. The van der Waals surface area contributed by atoms with Crippen LogP contribution in [-0.2, 0) is 25.6 Å². The number of unbranched alkanes of at least 4 members (excludes halogenated alkanes) is 3. The van der Waals surface area contributed by atoms with E-state index >= 15 is 0 Å². The predicted molar refractivity (Wildman–Crippen MR) is 168 cm³/mol. The number of esters is 1. The van der Waals surface area contributed by atoms with Gasteiger partial charge in [-0.2, -0.15) is 0 Å². The number of pyridine rings is 1. The fraction of sp³-hybridized carbons (Fsp3) is 0.500. The molecule has 2 N–H and O–H groups in total. The van der Waals surface area contributed by atoms with E-state index in [1.54, 1.807) is 18.5 Å². The topological polar surface area (TPSA) is 112 Å². The van der Waals surface area contributed by atoms with Gasteiger partial charge in [0.15, 0.2) is 6.29 Å². The lowest BCUT2D eigenvalue weighted by Crippen LogP contribution is -2.35. The van der Waals surface area contributed by atoms with Crippen LogP contribution in [0.4, 0.5) is 0 Å². The van der Waals surface area contributed by atoms with Gasteiger partial charge < -0.3 is 29.2 Å². The number of hydrogen-bond donors (Lipinski definition) is 2. The predicted octanol–water partition coefficient (Wildman–Crippen LogP) is 6.04. The van der Waals surface area contributed by atoms with E-state index in [1.165, 1.54) is 6.08 Å². The van der Waals surface area contributed by atoms with Crippen LogP contribution in [0.2, 0.25) is 0 Å². The summed E-state index contributed by atoms with van der Waals surface area (Å²) < 4.78 is 19.1. The van der Waals surface area contributed by atoms with Crippen molar-refractivity contribution < 1.29 is 28.9 Å². The van der Waals surface area contributed by atoms with Crippen molar-refractivity contribution in [2.45, 2.75) is 97.2 Å². The zero-order chi connectivity index (χ0) is 31.1. The van der Waals surface area contributed by atoms with Crippen molar-refractivity contribution in [3.63, 3.8) is 0 Å². The van der Waals surface area contributed by atoms with E-state index in [4.69, 9.17) is 14.2 Å². The lowest BCUT2D eigenvalue weighted by Gasteiger charge is -2.26. The van der Waals surface area contributed by atoms with Crippen molar-refractivity contribution in [3.8, 4) is 5.75 Å². The lowest BCUT2D eigenvalue weighted by molar-refractivity contribution is -0.165. The largest absolute Gasteiger partial charge is 0.465 e. The third-order valence-corrected chi connectivity index (χ3v) is 7.03. The van der Waals surface area contributed by atoms with Gasteiger partial charge in [0, 0.05) is 55.1 Å². The summed E-state index contributed by atoms with van der Waals surface area (Å²) in [6, 6.07) is 11.5. The van der Waals surface area contributed by atoms with E-state index in [1.807, 2.05) is 64.1 Å². The van der Waals surface area contributed by atoms with E-state index in [0.717, 1.165) is 55.1 Å². The molecular formula is C34H47N3O6. The molecule has 0 aliphatic heterocycles. The number of aromatic nitrogens is 2. The third-order valence-electron chi connectivity index (χ3n) is 7.03. The Hall–Kier alpha value is -3.69. The molecule has 0 spiro atoms. The van der Waals surface area contributed by atoms with Gasteiger partial charge in [0.05, 0.1) is 19.1 Å². The van der Waals surface area contributed by atoms with Crippen molar-refractivity contribution >= 4 is 28.9 Å². The molecule has 3 aromatic rings. The van der Waals surface area contributed by atoms with Gasteiger partial charge in [-0.1, -0.05) is 25.8 Å². The molecule has 9 heteroatoms. The second-order valence-electron chi connectivity index (χ2n) is 11.4. The van der Waals surface area contributed by atoms with Gasteiger partial charge in [0.2, 0.25) is 5.91 Å². The van der Waals surface area contributed by atoms with Crippen molar-refractivity contribution in [2.75, 3.05) is 13.2 Å². The van der Waals surface area contributed by atoms with Gasteiger partial charge in [-0.05, 0) is 82.0 Å². The summed E-state index contributed by atoms with van der Waals surface area (Å²) in [7, 11) is 0. The highest BCUT2D eigenvalue weighted by Crippen LogP contribution is 2.24. The first kappa shape index (κ1) is 33.8. The number of hydrogen-bond acceptors (Lipinski definition) is 7. The van der Waals surface area contributed by atoms with Gasteiger partial charge >= 0.3 is 5.97 Å². The molecule has 0 bridgehead atoms. The van der Waals surface area contributed by atoms with E-state index in [2.05, 4.69) is 21.1 Å². The average Bonchev–Trinajstić information content (AvgIpc) is 3.39. The summed E-state index contributed by atoms with van der Waals surface area (Å²) in [5.41, 5.74) is 1.26. The minimum Gasteiger partial charge on any atom is -0.465 e. The Balaban J connectivity index is 1.32. The molecule has 0 aliphatic rings. The van der Waals surface area contributed by atoms with Crippen molar-refractivity contribution in [2.24, 2.45) is 0 Å². The highest BCUT2D eigenvalue weighted by Gasteiger charge is 2.24. The van der Waals surface area contributed by atoms with Crippen LogP contribution < -0.4 is 10.1 Å². The van der Waals surface area contributed by atoms with Crippen LogP contribution in [0.25, 0.3) is 17.0 Å². The number of benzene rings is 1. The Morgan fingerprint density at radius 3 is 2.72 bits per heavy atom. The number of amides is 1. The summed E-state index contributed by atoms with van der Waals surface area (Å²) in [5.74, 6) is 0.0563. The average molecular weight is 594 g/mol. The fourth-order valence-corrected chi connectivity index (χ4v) is 4.43. The molecule has 0 aliphatic carbocycles. The minimum absolute atomic E-state index is 0.0438. The first-order chi connectivity index (χ1) is 20.6. The van der Waals surface area contributed by atoms with E-state index in [0.29, 0.717) is 18.9 Å². The number of fused-ring (bicyclic) bond motifs is 1. The number of ether oxygens (including phenoxy) is 3. The molecule has 0 radical (unpaired) electrons. The number of aliphatic hydroxyl groups is 1. The molecule has 3 rings (SSSR count). The van der Waals surface area contributed by atoms with Crippen LogP contribution in [0.1, 0.15) is 78.2 Å². The maximum Gasteiger partial charge on any atom is 0.306 e. The van der Waals surface area contributed by atoms with Crippen LogP contribution in [0, 0.1) is 0 Å². The number of nitrogens with zero attached hydrogens (tertiary/aromatic N) is 2. The van der Waals surface area contributed by atoms with Crippen molar-refractivity contribution in [1.82, 2.24) is 14.9 Å². The number of carbonyl (C=O) groups excluding carboxylic acids is 2. The number of carbonyl (C=O) groups is 2. The molecule has 2 atom stereocenters. The van der Waals surface area contributed by atoms with Crippen LogP contribution in [0.15, 0.2) is 61.1 Å². The summed E-state index contributed by atoms with van der Waals surface area (Å²) in [4.78, 5) is 28.3. The molecule has 2 aromatic heterocycles. The molecular weight excluding hydrogens is 546 g/mol. The number of rotatable bonds is 19. The highest BCUT2D eigenvalue weighted by molar-refractivity contribution is 5.91. The third kappa shape index (κ3) is 12.6. The van der Waals surface area contributed by atoms with E-state index in [9.17, 15) is 14.7 Å². The quantitative estimate of drug-likeness (QED) is 0.0754. The Labute approximate surface area is 255 Å². The van der Waals surface area contributed by atoms with Crippen LogP contribution in [0.3, 0.4) is 0 Å². The minimum atomic E-state index is -1.12. The first-order valence-electron chi connectivity index (χ1n) is 15.3. The smallest absolute Gasteiger partial charge is 0.306 e. The molecule has 2 heterocycles. The van der Waals surface area contributed by atoms with Crippen LogP contribution in [-0.4, -0.2) is 57.7 Å². The van der Waals surface area contributed by atoms with Crippen LogP contribution in [0.5, 0.6) is 5.75 Å².